The van der Waals surface area contributed by atoms with Crippen LogP contribution in [0.5, 0.6) is 0 Å². The number of amides is 1. The van der Waals surface area contributed by atoms with Crippen molar-refractivity contribution >= 4 is 11.6 Å². The van der Waals surface area contributed by atoms with Crippen LogP contribution in [0.3, 0.4) is 0 Å². The third-order valence-electron chi connectivity index (χ3n) is 2.50. The van der Waals surface area contributed by atoms with Crippen LogP contribution < -0.4 is 5.73 Å². The van der Waals surface area contributed by atoms with Gasteiger partial charge in [0.25, 0.3) is 5.91 Å². The number of aliphatic hydroxyl groups excluding tert-OH is 1. The van der Waals surface area contributed by atoms with Crippen LogP contribution in [0, 0.1) is 5.82 Å². The summed E-state index contributed by atoms with van der Waals surface area (Å²) >= 11 is 0. The summed E-state index contributed by atoms with van der Waals surface area (Å²) in [7, 11) is 0. The fourth-order valence-electron chi connectivity index (χ4n) is 1.55. The Morgan fingerprint density at radius 3 is 2.82 bits per heavy atom. The summed E-state index contributed by atoms with van der Waals surface area (Å²) in [6.45, 7) is 2.77. The second kappa shape index (κ2) is 6.20. The van der Waals surface area contributed by atoms with Gasteiger partial charge < -0.3 is 15.7 Å². The van der Waals surface area contributed by atoms with E-state index in [1.54, 1.807) is 0 Å². The lowest BCUT2D eigenvalue weighted by atomic mass is 10.1. The Kier molecular flexibility index (Phi) is 4.90. The van der Waals surface area contributed by atoms with Gasteiger partial charge >= 0.3 is 0 Å². The van der Waals surface area contributed by atoms with Crippen molar-refractivity contribution in [2.75, 3.05) is 25.4 Å². The lowest BCUT2D eigenvalue weighted by Gasteiger charge is -2.21. The number of rotatable bonds is 5. The van der Waals surface area contributed by atoms with E-state index in [-0.39, 0.29) is 23.8 Å². The summed E-state index contributed by atoms with van der Waals surface area (Å²) in [6.07, 6.45) is 0.495. The smallest absolute Gasteiger partial charge is 0.256 e. The van der Waals surface area contributed by atoms with E-state index in [9.17, 15) is 9.18 Å². The number of hydrogen-bond acceptors (Lipinski definition) is 3. The van der Waals surface area contributed by atoms with E-state index in [0.717, 1.165) is 6.07 Å². The third-order valence-corrected chi connectivity index (χ3v) is 2.50. The van der Waals surface area contributed by atoms with Gasteiger partial charge in [-0.05, 0) is 31.5 Å². The highest BCUT2D eigenvalue weighted by Crippen LogP contribution is 2.16. The Bertz CT molecular complexity index is 396. The maximum atomic E-state index is 13.1. The molecule has 0 heterocycles. The molecule has 0 aliphatic carbocycles. The second-order valence-electron chi connectivity index (χ2n) is 3.69. The first-order chi connectivity index (χ1) is 8.10. The molecule has 0 saturated carbocycles. The molecule has 1 aromatic carbocycles. The predicted molar refractivity (Wildman–Crippen MR) is 64.1 cm³/mol. The zero-order valence-electron chi connectivity index (χ0n) is 9.82. The second-order valence-corrected chi connectivity index (χ2v) is 3.69. The number of nitrogen functional groups attached to an aromatic ring is 1. The summed E-state index contributed by atoms with van der Waals surface area (Å²) < 4.78 is 13.1. The summed E-state index contributed by atoms with van der Waals surface area (Å²) in [6, 6.07) is 3.73. The first-order valence-electron chi connectivity index (χ1n) is 5.55. The molecule has 1 aromatic rings. The van der Waals surface area contributed by atoms with Crippen molar-refractivity contribution in [1.29, 1.82) is 0 Å². The summed E-state index contributed by atoms with van der Waals surface area (Å²) in [4.78, 5) is 13.6. The van der Waals surface area contributed by atoms with Crippen molar-refractivity contribution in [2.45, 2.75) is 13.3 Å². The van der Waals surface area contributed by atoms with E-state index in [0.29, 0.717) is 19.5 Å². The molecule has 0 bridgehead atoms. The van der Waals surface area contributed by atoms with Gasteiger partial charge in [-0.3, -0.25) is 4.79 Å². The number of nitrogens with zero attached hydrogens (tertiary/aromatic N) is 1. The third kappa shape index (κ3) is 3.42. The zero-order valence-corrected chi connectivity index (χ0v) is 9.82. The zero-order chi connectivity index (χ0) is 12.8. The molecule has 0 saturated heterocycles. The number of halogens is 1. The van der Waals surface area contributed by atoms with Crippen LogP contribution in [-0.2, 0) is 0 Å². The fourth-order valence-corrected chi connectivity index (χ4v) is 1.55. The van der Waals surface area contributed by atoms with Crippen LogP contribution in [0.2, 0.25) is 0 Å². The minimum Gasteiger partial charge on any atom is -0.398 e. The number of carbonyl (C=O) groups excluding carboxylic acids is 1. The Morgan fingerprint density at radius 1 is 1.53 bits per heavy atom. The van der Waals surface area contributed by atoms with Gasteiger partial charge in [-0.25, -0.2) is 4.39 Å². The average Bonchev–Trinajstić information content (AvgIpc) is 2.33. The molecule has 17 heavy (non-hydrogen) atoms. The first kappa shape index (κ1) is 13.4. The fraction of sp³-hybridized carbons (Fsp3) is 0.417. The van der Waals surface area contributed by atoms with E-state index in [2.05, 4.69) is 0 Å². The normalized spacial score (nSPS) is 10.3. The molecular formula is C12H17FN2O2. The quantitative estimate of drug-likeness (QED) is 0.761. The lowest BCUT2D eigenvalue weighted by Crippen LogP contribution is -2.32. The number of anilines is 1. The van der Waals surface area contributed by atoms with Crippen molar-refractivity contribution in [3.05, 3.63) is 29.6 Å². The number of nitrogens with two attached hydrogens (primary N) is 1. The molecule has 0 unspecified atom stereocenters. The summed E-state index contributed by atoms with van der Waals surface area (Å²) in [5.74, 6) is -0.793. The monoisotopic (exact) mass is 240 g/mol. The van der Waals surface area contributed by atoms with E-state index >= 15 is 0 Å². The van der Waals surface area contributed by atoms with Crippen molar-refractivity contribution < 1.29 is 14.3 Å². The van der Waals surface area contributed by atoms with Crippen LogP contribution in [0.4, 0.5) is 10.1 Å². The molecule has 0 fully saturated rings. The van der Waals surface area contributed by atoms with Gasteiger partial charge in [0.05, 0.1) is 5.56 Å². The molecule has 3 N–H and O–H groups in total. The highest BCUT2D eigenvalue weighted by Gasteiger charge is 2.16. The highest BCUT2D eigenvalue weighted by molar-refractivity contribution is 5.99. The van der Waals surface area contributed by atoms with Crippen molar-refractivity contribution in [3.8, 4) is 0 Å². The molecule has 0 aliphatic rings. The molecule has 94 valence electrons. The number of hydrogen-bond donors (Lipinski definition) is 2. The lowest BCUT2D eigenvalue weighted by molar-refractivity contribution is 0.0755. The van der Waals surface area contributed by atoms with E-state index in [1.165, 1.54) is 17.0 Å². The topological polar surface area (TPSA) is 66.6 Å². The maximum Gasteiger partial charge on any atom is 0.256 e. The van der Waals surface area contributed by atoms with Crippen LogP contribution in [-0.4, -0.2) is 35.6 Å². The minimum atomic E-state index is -0.485. The number of aliphatic hydroxyl groups is 1. The molecule has 0 spiro atoms. The van der Waals surface area contributed by atoms with Gasteiger partial charge in [-0.1, -0.05) is 0 Å². The molecular weight excluding hydrogens is 223 g/mol. The van der Waals surface area contributed by atoms with Gasteiger partial charge in [0.15, 0.2) is 0 Å². The summed E-state index contributed by atoms with van der Waals surface area (Å²) in [5, 5.41) is 8.74. The van der Waals surface area contributed by atoms with E-state index < -0.39 is 5.82 Å². The molecule has 4 nitrogen and oxygen atoms in total. The van der Waals surface area contributed by atoms with Crippen LogP contribution >= 0.6 is 0 Å². The van der Waals surface area contributed by atoms with Crippen molar-refractivity contribution in [3.63, 3.8) is 0 Å². The van der Waals surface area contributed by atoms with Gasteiger partial charge in [0.2, 0.25) is 0 Å². The Balaban J connectivity index is 2.89. The molecule has 0 aliphatic heterocycles. The van der Waals surface area contributed by atoms with E-state index in [4.69, 9.17) is 10.8 Å². The predicted octanol–water partition coefficient (Wildman–Crippen LogP) is 1.25. The van der Waals surface area contributed by atoms with Crippen LogP contribution in [0.25, 0.3) is 0 Å². The van der Waals surface area contributed by atoms with Gasteiger partial charge in [0, 0.05) is 25.4 Å². The maximum absolute atomic E-state index is 13.1. The molecule has 0 radical (unpaired) electrons. The molecule has 1 rings (SSSR count). The Hall–Kier alpha value is -1.62. The Morgan fingerprint density at radius 2 is 2.24 bits per heavy atom. The Labute approximate surface area is 99.8 Å². The number of benzene rings is 1. The average molecular weight is 240 g/mol. The molecule has 0 atom stereocenters. The van der Waals surface area contributed by atoms with Gasteiger partial charge in [-0.2, -0.15) is 0 Å². The molecule has 5 heteroatoms. The SMILES string of the molecule is CCN(CCCO)C(=O)c1cc(F)ccc1N. The van der Waals surface area contributed by atoms with Crippen LogP contribution in [0.1, 0.15) is 23.7 Å². The van der Waals surface area contributed by atoms with Crippen molar-refractivity contribution in [2.24, 2.45) is 0 Å². The van der Waals surface area contributed by atoms with Gasteiger partial charge in [-0.15, -0.1) is 0 Å². The van der Waals surface area contributed by atoms with E-state index in [1.807, 2.05) is 6.92 Å². The molecule has 1 amide bonds. The summed E-state index contributed by atoms with van der Waals surface area (Å²) in [5.41, 5.74) is 6.08. The van der Waals surface area contributed by atoms with Crippen molar-refractivity contribution in [1.82, 2.24) is 4.90 Å². The van der Waals surface area contributed by atoms with Crippen LogP contribution in [0.15, 0.2) is 18.2 Å². The largest absolute Gasteiger partial charge is 0.398 e. The minimum absolute atomic E-state index is 0.0163. The first-order valence-corrected chi connectivity index (χ1v) is 5.55. The standard InChI is InChI=1S/C12H17FN2O2/c1-2-15(6-3-7-16)12(17)10-8-9(13)4-5-11(10)14/h4-5,8,16H,2-3,6-7,14H2,1H3. The van der Waals surface area contributed by atoms with Gasteiger partial charge in [0.1, 0.15) is 5.82 Å². The number of carbonyl (C=O) groups is 1. The molecule has 0 aromatic heterocycles. The highest BCUT2D eigenvalue weighted by atomic mass is 19.1.